The minimum absolute atomic E-state index is 0.171. The Morgan fingerprint density at radius 3 is 2.75 bits per heavy atom. The van der Waals surface area contributed by atoms with Crippen LogP contribution in [0.15, 0.2) is 41.9 Å². The molecule has 0 aliphatic heterocycles. The normalized spacial score (nSPS) is 11.7. The summed E-state index contributed by atoms with van der Waals surface area (Å²) in [7, 11) is 0. The van der Waals surface area contributed by atoms with Gasteiger partial charge in [-0.1, -0.05) is 30.3 Å². The van der Waals surface area contributed by atoms with Crippen LogP contribution >= 0.6 is 11.3 Å². The maximum atomic E-state index is 11.9. The summed E-state index contributed by atoms with van der Waals surface area (Å²) in [4.78, 5) is 27.4. The predicted octanol–water partition coefficient (Wildman–Crippen LogP) is 2.64. The Hall–Kier alpha value is -2.21. The van der Waals surface area contributed by atoms with E-state index in [9.17, 15) is 9.59 Å². The van der Waals surface area contributed by atoms with Crippen molar-refractivity contribution in [3.63, 3.8) is 0 Å². The zero-order valence-corrected chi connectivity index (χ0v) is 11.7. The molecule has 0 aliphatic rings. The van der Waals surface area contributed by atoms with Crippen LogP contribution < -0.4 is 5.32 Å². The highest BCUT2D eigenvalue weighted by Gasteiger charge is 2.19. The summed E-state index contributed by atoms with van der Waals surface area (Å²) in [6.45, 7) is 1.78. The van der Waals surface area contributed by atoms with E-state index in [1.54, 1.807) is 18.5 Å². The van der Waals surface area contributed by atoms with Crippen LogP contribution in [-0.2, 0) is 11.3 Å². The van der Waals surface area contributed by atoms with E-state index in [4.69, 9.17) is 4.74 Å². The molecule has 20 heavy (non-hydrogen) atoms. The Labute approximate surface area is 120 Å². The number of Topliss-reactive ketones (excluding diaryl/α,β-unsaturated/α-hetero) is 1. The lowest BCUT2D eigenvalue weighted by atomic mass is 10.2. The molecule has 1 N–H and O–H groups in total. The monoisotopic (exact) mass is 290 g/mol. The van der Waals surface area contributed by atoms with Gasteiger partial charge in [0.2, 0.25) is 5.78 Å². The van der Waals surface area contributed by atoms with Crippen molar-refractivity contribution >= 4 is 23.2 Å². The molecular formula is C14H14N2O3S. The number of benzene rings is 1. The van der Waals surface area contributed by atoms with Crippen molar-refractivity contribution in [1.29, 1.82) is 0 Å². The minimum atomic E-state index is -0.663. The highest BCUT2D eigenvalue weighted by atomic mass is 32.1. The number of hydrogen-bond donors (Lipinski definition) is 1. The van der Waals surface area contributed by atoms with E-state index in [0.717, 1.165) is 5.56 Å². The number of rotatable bonds is 5. The van der Waals surface area contributed by atoms with Gasteiger partial charge in [0.05, 0.1) is 6.04 Å². The van der Waals surface area contributed by atoms with Crippen molar-refractivity contribution in [3.05, 3.63) is 52.5 Å². The van der Waals surface area contributed by atoms with Gasteiger partial charge in [0.25, 0.3) is 0 Å². The highest BCUT2D eigenvalue weighted by molar-refractivity contribution is 7.11. The molecule has 0 fully saturated rings. The molecule has 0 unspecified atom stereocenters. The van der Waals surface area contributed by atoms with E-state index in [0.29, 0.717) is 5.01 Å². The number of aromatic nitrogens is 1. The highest BCUT2D eigenvalue weighted by Crippen LogP contribution is 2.07. The number of hydrogen-bond acceptors (Lipinski definition) is 5. The minimum Gasteiger partial charge on any atom is -0.445 e. The summed E-state index contributed by atoms with van der Waals surface area (Å²) in [5.74, 6) is -0.225. The first kappa shape index (κ1) is 14.2. The number of ketones is 1. The lowest BCUT2D eigenvalue weighted by Crippen LogP contribution is -2.38. The van der Waals surface area contributed by atoms with Gasteiger partial charge >= 0.3 is 6.09 Å². The summed E-state index contributed by atoms with van der Waals surface area (Å²) >= 11 is 1.24. The molecule has 0 aliphatic carbocycles. The number of thiazole rings is 1. The van der Waals surface area contributed by atoms with Gasteiger partial charge in [-0.25, -0.2) is 9.78 Å². The second kappa shape index (κ2) is 6.81. The Kier molecular flexibility index (Phi) is 4.84. The lowest BCUT2D eigenvalue weighted by molar-refractivity contribution is 0.0926. The molecule has 6 heteroatoms. The van der Waals surface area contributed by atoms with Crippen LogP contribution in [0.3, 0.4) is 0 Å². The number of alkyl carbamates (subject to hydrolysis) is 1. The first-order valence-electron chi connectivity index (χ1n) is 6.07. The molecule has 104 valence electrons. The Bertz CT molecular complexity index is 569. The van der Waals surface area contributed by atoms with Crippen LogP contribution in [0.25, 0.3) is 0 Å². The van der Waals surface area contributed by atoms with Gasteiger partial charge in [-0.15, -0.1) is 11.3 Å². The van der Waals surface area contributed by atoms with Crippen LogP contribution in [-0.4, -0.2) is 22.9 Å². The largest absolute Gasteiger partial charge is 0.445 e. The molecule has 2 aromatic rings. The molecule has 1 aromatic carbocycles. The third-order valence-corrected chi connectivity index (χ3v) is 3.37. The fourth-order valence-electron chi connectivity index (χ4n) is 1.54. The van der Waals surface area contributed by atoms with Gasteiger partial charge in [-0.3, -0.25) is 4.79 Å². The molecular weight excluding hydrogens is 276 g/mol. The van der Waals surface area contributed by atoms with Crippen molar-refractivity contribution in [1.82, 2.24) is 10.3 Å². The number of nitrogens with zero attached hydrogens (tertiary/aromatic N) is 1. The number of ether oxygens (including phenoxy) is 1. The number of nitrogens with one attached hydrogen (secondary N) is 1. The average molecular weight is 290 g/mol. The Morgan fingerprint density at radius 2 is 2.10 bits per heavy atom. The summed E-state index contributed by atoms with van der Waals surface area (Å²) < 4.78 is 5.05. The van der Waals surface area contributed by atoms with Gasteiger partial charge in [0.1, 0.15) is 6.61 Å². The van der Waals surface area contributed by atoms with Crippen molar-refractivity contribution < 1.29 is 14.3 Å². The zero-order chi connectivity index (χ0) is 14.4. The van der Waals surface area contributed by atoms with Gasteiger partial charge in [0.15, 0.2) is 5.01 Å². The third-order valence-electron chi connectivity index (χ3n) is 2.58. The molecule has 0 saturated heterocycles. The Balaban J connectivity index is 1.81. The van der Waals surface area contributed by atoms with Gasteiger partial charge < -0.3 is 10.1 Å². The maximum Gasteiger partial charge on any atom is 0.408 e. The van der Waals surface area contributed by atoms with E-state index in [1.807, 2.05) is 30.3 Å². The molecule has 2 rings (SSSR count). The molecule has 0 bridgehead atoms. The zero-order valence-electron chi connectivity index (χ0n) is 10.9. The van der Waals surface area contributed by atoms with Crippen molar-refractivity contribution in [2.24, 2.45) is 0 Å². The number of amides is 1. The topological polar surface area (TPSA) is 68.3 Å². The fourth-order valence-corrected chi connectivity index (χ4v) is 2.20. The molecule has 1 amide bonds. The third kappa shape index (κ3) is 3.89. The lowest BCUT2D eigenvalue weighted by Gasteiger charge is -2.11. The molecule has 0 radical (unpaired) electrons. The molecule has 1 aromatic heterocycles. The maximum absolute atomic E-state index is 11.9. The number of carbonyl (C=O) groups is 2. The van der Waals surface area contributed by atoms with Crippen LogP contribution in [0.4, 0.5) is 4.79 Å². The van der Waals surface area contributed by atoms with Crippen molar-refractivity contribution in [2.75, 3.05) is 0 Å². The average Bonchev–Trinajstić information content (AvgIpc) is 2.99. The first-order valence-corrected chi connectivity index (χ1v) is 6.95. The van der Waals surface area contributed by atoms with E-state index in [1.165, 1.54) is 11.3 Å². The second-order valence-corrected chi connectivity index (χ2v) is 5.02. The predicted molar refractivity (Wildman–Crippen MR) is 75.7 cm³/mol. The molecule has 1 atom stereocenters. The SMILES string of the molecule is C[C@H](NC(=O)OCc1ccccc1)C(=O)c1nccs1. The first-order chi connectivity index (χ1) is 9.66. The standard InChI is InChI=1S/C14H14N2O3S/c1-10(12(17)13-15-7-8-20-13)16-14(18)19-9-11-5-3-2-4-6-11/h2-8,10H,9H2,1H3,(H,16,18)/t10-/m0/s1. The summed E-state index contributed by atoms with van der Waals surface area (Å²) in [5.41, 5.74) is 0.890. The van der Waals surface area contributed by atoms with Gasteiger partial charge in [0, 0.05) is 11.6 Å². The summed E-state index contributed by atoms with van der Waals surface area (Å²) in [5, 5.41) is 4.59. The Morgan fingerprint density at radius 1 is 1.35 bits per heavy atom. The van der Waals surface area contributed by atoms with E-state index >= 15 is 0 Å². The van der Waals surface area contributed by atoms with Crippen LogP contribution in [0.5, 0.6) is 0 Å². The van der Waals surface area contributed by atoms with Gasteiger partial charge in [-0.2, -0.15) is 0 Å². The second-order valence-electron chi connectivity index (χ2n) is 4.13. The fraction of sp³-hybridized carbons (Fsp3) is 0.214. The van der Waals surface area contributed by atoms with Gasteiger partial charge in [-0.05, 0) is 12.5 Å². The molecule has 0 spiro atoms. The smallest absolute Gasteiger partial charge is 0.408 e. The summed E-state index contributed by atoms with van der Waals surface area (Å²) in [6.07, 6.45) is 0.935. The molecule has 1 heterocycles. The van der Waals surface area contributed by atoms with Crippen LogP contribution in [0.1, 0.15) is 22.3 Å². The number of carbonyl (C=O) groups excluding carboxylic acids is 2. The molecule has 5 nitrogen and oxygen atoms in total. The van der Waals surface area contributed by atoms with Crippen LogP contribution in [0, 0.1) is 0 Å². The van der Waals surface area contributed by atoms with Crippen molar-refractivity contribution in [3.8, 4) is 0 Å². The van der Waals surface area contributed by atoms with E-state index in [-0.39, 0.29) is 12.4 Å². The summed E-state index contributed by atoms with van der Waals surface area (Å²) in [6, 6.07) is 8.67. The quantitative estimate of drug-likeness (QED) is 0.860. The van der Waals surface area contributed by atoms with Crippen molar-refractivity contribution in [2.45, 2.75) is 19.6 Å². The van der Waals surface area contributed by atoms with E-state index < -0.39 is 12.1 Å². The van der Waals surface area contributed by atoms with Crippen LogP contribution in [0.2, 0.25) is 0 Å². The molecule has 0 saturated carbocycles. The van der Waals surface area contributed by atoms with E-state index in [2.05, 4.69) is 10.3 Å².